The van der Waals surface area contributed by atoms with E-state index in [4.69, 9.17) is 4.74 Å². The lowest BCUT2D eigenvalue weighted by Crippen LogP contribution is -2.21. The van der Waals surface area contributed by atoms with E-state index in [9.17, 15) is 0 Å². The van der Waals surface area contributed by atoms with Crippen LogP contribution in [0.5, 0.6) is 5.75 Å². The molecule has 1 unspecified atom stereocenters. The van der Waals surface area contributed by atoms with Crippen LogP contribution in [0, 0.1) is 0 Å². The van der Waals surface area contributed by atoms with Crippen LogP contribution in [0.3, 0.4) is 0 Å². The molecule has 0 spiro atoms. The predicted octanol–water partition coefficient (Wildman–Crippen LogP) is 3.39. The second kappa shape index (κ2) is 7.84. The Morgan fingerprint density at radius 3 is 2.52 bits per heavy atom. The van der Waals surface area contributed by atoms with Crippen molar-refractivity contribution in [2.75, 3.05) is 13.2 Å². The zero-order valence-corrected chi connectivity index (χ0v) is 13.2. The van der Waals surface area contributed by atoms with E-state index in [2.05, 4.69) is 42.6 Å². The van der Waals surface area contributed by atoms with Gasteiger partial charge in [0.05, 0.1) is 18.8 Å². The summed E-state index contributed by atoms with van der Waals surface area (Å²) in [7, 11) is 0. The van der Waals surface area contributed by atoms with E-state index < -0.39 is 0 Å². The van der Waals surface area contributed by atoms with Crippen LogP contribution >= 0.6 is 0 Å². The quantitative estimate of drug-likeness (QED) is 0.809. The molecule has 0 aliphatic rings. The average Bonchev–Trinajstić information content (AvgIpc) is 2.95. The molecule has 0 saturated carbocycles. The Bertz CT molecular complexity index is 533. The fraction of sp³-hybridized carbons (Fsp3) is 0.471. The van der Waals surface area contributed by atoms with Crippen molar-refractivity contribution in [3.05, 3.63) is 47.8 Å². The topological polar surface area (TPSA) is 39.1 Å². The maximum absolute atomic E-state index is 5.51. The fourth-order valence-electron chi connectivity index (χ4n) is 2.44. The third-order valence-corrected chi connectivity index (χ3v) is 3.37. The molecule has 0 saturated heterocycles. The molecular weight excluding hydrogens is 262 g/mol. The number of benzene rings is 1. The Hall–Kier alpha value is -1.81. The Morgan fingerprint density at radius 1 is 1.14 bits per heavy atom. The number of hydrogen-bond acceptors (Lipinski definition) is 3. The van der Waals surface area contributed by atoms with Gasteiger partial charge in [0.15, 0.2) is 0 Å². The van der Waals surface area contributed by atoms with Crippen LogP contribution in [0.1, 0.15) is 44.4 Å². The van der Waals surface area contributed by atoms with Crippen molar-refractivity contribution in [3.63, 3.8) is 0 Å². The molecule has 1 aromatic heterocycles. The minimum Gasteiger partial charge on any atom is -0.494 e. The molecule has 1 heterocycles. The summed E-state index contributed by atoms with van der Waals surface area (Å²) < 4.78 is 7.51. The first-order chi connectivity index (χ1) is 10.3. The summed E-state index contributed by atoms with van der Waals surface area (Å²) in [5.41, 5.74) is 2.44. The smallest absolute Gasteiger partial charge is 0.119 e. The van der Waals surface area contributed by atoms with E-state index in [1.807, 2.05) is 29.9 Å². The summed E-state index contributed by atoms with van der Waals surface area (Å²) in [6.07, 6.45) is 5.18. The van der Waals surface area contributed by atoms with Crippen LogP contribution in [0.25, 0.3) is 0 Å². The number of aryl methyl sites for hydroxylation is 1. The van der Waals surface area contributed by atoms with E-state index in [1.54, 1.807) is 0 Å². The fourth-order valence-corrected chi connectivity index (χ4v) is 2.44. The van der Waals surface area contributed by atoms with Crippen molar-refractivity contribution in [3.8, 4) is 5.75 Å². The summed E-state index contributed by atoms with van der Waals surface area (Å²) in [4.78, 5) is 0. The first kappa shape index (κ1) is 15.6. The molecule has 114 valence electrons. The minimum atomic E-state index is 0.177. The van der Waals surface area contributed by atoms with Gasteiger partial charge in [-0.25, -0.2) is 0 Å². The van der Waals surface area contributed by atoms with Gasteiger partial charge < -0.3 is 10.1 Å². The highest BCUT2D eigenvalue weighted by molar-refractivity contribution is 5.34. The number of nitrogens with one attached hydrogen (secondary N) is 1. The highest BCUT2D eigenvalue weighted by Gasteiger charge is 2.15. The molecule has 2 aromatic rings. The van der Waals surface area contributed by atoms with Crippen molar-refractivity contribution in [1.82, 2.24) is 15.1 Å². The van der Waals surface area contributed by atoms with Crippen LogP contribution in [0.4, 0.5) is 0 Å². The molecule has 0 radical (unpaired) electrons. The van der Waals surface area contributed by atoms with Gasteiger partial charge in [0.2, 0.25) is 0 Å². The molecule has 4 heteroatoms. The number of ether oxygens (including phenoxy) is 1. The summed E-state index contributed by atoms with van der Waals surface area (Å²) in [5, 5.41) is 7.96. The van der Waals surface area contributed by atoms with Crippen LogP contribution in [0.15, 0.2) is 36.7 Å². The normalized spacial score (nSPS) is 12.3. The summed E-state index contributed by atoms with van der Waals surface area (Å²) in [6, 6.07) is 8.47. The van der Waals surface area contributed by atoms with Crippen molar-refractivity contribution in [1.29, 1.82) is 0 Å². The first-order valence-corrected chi connectivity index (χ1v) is 7.77. The first-order valence-electron chi connectivity index (χ1n) is 7.77. The molecule has 1 aromatic carbocycles. The van der Waals surface area contributed by atoms with Gasteiger partial charge in [0.1, 0.15) is 5.75 Å². The summed E-state index contributed by atoms with van der Waals surface area (Å²) >= 11 is 0. The monoisotopic (exact) mass is 287 g/mol. The second-order valence-corrected chi connectivity index (χ2v) is 5.03. The van der Waals surface area contributed by atoms with Gasteiger partial charge in [0, 0.05) is 18.3 Å². The largest absolute Gasteiger partial charge is 0.494 e. The van der Waals surface area contributed by atoms with E-state index in [1.165, 1.54) is 11.1 Å². The van der Waals surface area contributed by atoms with Crippen molar-refractivity contribution >= 4 is 0 Å². The van der Waals surface area contributed by atoms with Crippen molar-refractivity contribution in [2.24, 2.45) is 0 Å². The molecule has 0 bridgehead atoms. The van der Waals surface area contributed by atoms with Crippen molar-refractivity contribution in [2.45, 2.75) is 39.8 Å². The lowest BCUT2D eigenvalue weighted by molar-refractivity contribution is 0.340. The molecule has 0 aliphatic carbocycles. The Morgan fingerprint density at radius 2 is 1.90 bits per heavy atom. The predicted molar refractivity (Wildman–Crippen MR) is 85.6 cm³/mol. The Labute approximate surface area is 127 Å². The average molecular weight is 287 g/mol. The molecule has 0 aliphatic heterocycles. The van der Waals surface area contributed by atoms with E-state index in [0.29, 0.717) is 6.61 Å². The molecule has 1 atom stereocenters. The molecule has 4 nitrogen and oxygen atoms in total. The third-order valence-electron chi connectivity index (χ3n) is 3.37. The standard InChI is InChI=1S/C17H25N3O/c1-4-11-20-13-15(12-19-20)17(18-5-2)14-7-9-16(10-8-14)21-6-3/h7-10,12-13,17-18H,4-6,11H2,1-3H3. The zero-order chi connectivity index (χ0) is 15.1. The van der Waals surface area contributed by atoms with Crippen LogP contribution in [-0.4, -0.2) is 22.9 Å². The van der Waals surface area contributed by atoms with Gasteiger partial charge in [0.25, 0.3) is 0 Å². The van der Waals surface area contributed by atoms with E-state index >= 15 is 0 Å². The van der Waals surface area contributed by atoms with Gasteiger partial charge in [-0.3, -0.25) is 4.68 Å². The van der Waals surface area contributed by atoms with Crippen LogP contribution in [0.2, 0.25) is 0 Å². The molecule has 0 fully saturated rings. The van der Waals surface area contributed by atoms with E-state index in [-0.39, 0.29) is 6.04 Å². The second-order valence-electron chi connectivity index (χ2n) is 5.03. The van der Waals surface area contributed by atoms with Crippen LogP contribution in [-0.2, 0) is 6.54 Å². The lowest BCUT2D eigenvalue weighted by atomic mass is 10.0. The molecule has 1 N–H and O–H groups in total. The SMILES string of the molecule is CCCn1cc(C(NCC)c2ccc(OCC)cc2)cn1. The Kier molecular flexibility index (Phi) is 5.81. The van der Waals surface area contributed by atoms with Gasteiger partial charge in [-0.15, -0.1) is 0 Å². The molecule has 21 heavy (non-hydrogen) atoms. The number of rotatable bonds is 8. The molecule has 0 amide bonds. The van der Waals surface area contributed by atoms with Gasteiger partial charge in [-0.2, -0.15) is 5.10 Å². The number of hydrogen-bond donors (Lipinski definition) is 1. The maximum atomic E-state index is 5.51. The highest BCUT2D eigenvalue weighted by Crippen LogP contribution is 2.24. The third kappa shape index (κ3) is 4.08. The molecular formula is C17H25N3O. The van der Waals surface area contributed by atoms with Gasteiger partial charge >= 0.3 is 0 Å². The lowest BCUT2D eigenvalue weighted by Gasteiger charge is -2.17. The molecule has 2 rings (SSSR count). The summed E-state index contributed by atoms with van der Waals surface area (Å²) in [5.74, 6) is 0.915. The summed E-state index contributed by atoms with van der Waals surface area (Å²) in [6.45, 7) is 8.85. The van der Waals surface area contributed by atoms with Crippen LogP contribution < -0.4 is 10.1 Å². The van der Waals surface area contributed by atoms with E-state index in [0.717, 1.165) is 25.3 Å². The number of aromatic nitrogens is 2. The zero-order valence-electron chi connectivity index (χ0n) is 13.2. The van der Waals surface area contributed by atoms with Crippen molar-refractivity contribution < 1.29 is 4.74 Å². The highest BCUT2D eigenvalue weighted by atomic mass is 16.5. The maximum Gasteiger partial charge on any atom is 0.119 e. The number of nitrogens with zero attached hydrogens (tertiary/aromatic N) is 2. The Balaban J connectivity index is 2.20. The van der Waals surface area contributed by atoms with Gasteiger partial charge in [-0.05, 0) is 37.6 Å². The van der Waals surface area contributed by atoms with Gasteiger partial charge in [-0.1, -0.05) is 26.0 Å². The minimum absolute atomic E-state index is 0.177.